The maximum absolute atomic E-state index is 12.2. The first kappa shape index (κ1) is 21.4. The molecule has 1 aliphatic carbocycles. The van der Waals surface area contributed by atoms with E-state index in [4.69, 9.17) is 5.73 Å². The van der Waals surface area contributed by atoms with Gasteiger partial charge in [0.25, 0.3) is 0 Å². The monoisotopic (exact) mass is 417 g/mol. The number of carbonyl (C=O) groups is 1. The molecule has 2 fully saturated rings. The number of likely N-dealkylation sites (N-methyl/N-ethyl adjacent to an activating group) is 1. The number of carbonyl (C=O) groups excluding carboxylic acids is 1. The third-order valence-electron chi connectivity index (χ3n) is 6.67. The highest BCUT2D eigenvalue weighted by Gasteiger charge is 2.57. The summed E-state index contributed by atoms with van der Waals surface area (Å²) in [6.45, 7) is 6.18. The molecule has 6 heteroatoms. The molecule has 3 atom stereocenters. The number of amides is 1. The van der Waals surface area contributed by atoms with Gasteiger partial charge in [0, 0.05) is 37.8 Å². The van der Waals surface area contributed by atoms with Crippen LogP contribution in [-0.4, -0.2) is 55.6 Å². The van der Waals surface area contributed by atoms with E-state index in [0.29, 0.717) is 12.8 Å². The third kappa shape index (κ3) is 4.43. The molecule has 162 valence electrons. The van der Waals surface area contributed by atoms with Gasteiger partial charge < -0.3 is 20.9 Å². The zero-order chi connectivity index (χ0) is 22.0. The molecule has 2 aromatic rings. The van der Waals surface area contributed by atoms with Crippen molar-refractivity contribution in [2.45, 2.75) is 37.3 Å². The Balaban J connectivity index is 1.42. The fraction of sp³-hybridized carbons (Fsp3) is 0.440. The smallest absolute Gasteiger partial charge is 0.238 e. The van der Waals surface area contributed by atoms with Crippen LogP contribution < -0.4 is 16.0 Å². The lowest BCUT2D eigenvalue weighted by Crippen LogP contribution is -2.46. The number of nitriles is 1. The summed E-state index contributed by atoms with van der Waals surface area (Å²) in [4.78, 5) is 17.0. The number of nitrogens with one attached hydrogen (secondary N) is 1. The Kier molecular flexibility index (Phi) is 5.99. The number of rotatable bonds is 6. The van der Waals surface area contributed by atoms with Crippen molar-refractivity contribution in [2.75, 3.05) is 38.1 Å². The average Bonchev–Trinajstić information content (AvgIpc) is 3.53. The summed E-state index contributed by atoms with van der Waals surface area (Å²) in [5, 5.41) is 12.5. The number of nitrogens with zero attached hydrogens (tertiary/aromatic N) is 3. The molecule has 1 saturated heterocycles. The molecule has 1 aliphatic heterocycles. The zero-order valence-electron chi connectivity index (χ0n) is 18.3. The van der Waals surface area contributed by atoms with Crippen LogP contribution in [-0.2, 0) is 4.79 Å². The summed E-state index contributed by atoms with van der Waals surface area (Å²) in [5.74, 6) is -0.234. The number of hydrogen-bond donors (Lipinski definition) is 2. The lowest BCUT2D eigenvalue weighted by atomic mass is 10.00. The Morgan fingerprint density at radius 1 is 1.13 bits per heavy atom. The van der Waals surface area contributed by atoms with Crippen molar-refractivity contribution in [3.8, 4) is 17.2 Å². The van der Waals surface area contributed by atoms with Gasteiger partial charge in [-0.3, -0.25) is 4.79 Å². The average molecular weight is 418 g/mol. The minimum atomic E-state index is -0.824. The lowest BCUT2D eigenvalue weighted by molar-refractivity contribution is -0.123. The van der Waals surface area contributed by atoms with Crippen LogP contribution in [0.5, 0.6) is 0 Å². The number of benzene rings is 2. The first-order valence-electron chi connectivity index (χ1n) is 11.1. The van der Waals surface area contributed by atoms with E-state index in [1.807, 2.05) is 6.92 Å². The highest BCUT2D eigenvalue weighted by molar-refractivity contribution is 5.83. The maximum Gasteiger partial charge on any atom is 0.238 e. The molecule has 1 amide bonds. The van der Waals surface area contributed by atoms with Gasteiger partial charge in [0.2, 0.25) is 5.91 Å². The molecule has 0 bridgehead atoms. The zero-order valence-corrected chi connectivity index (χ0v) is 18.3. The summed E-state index contributed by atoms with van der Waals surface area (Å²) in [7, 11) is 2.17. The second-order valence-corrected chi connectivity index (χ2v) is 8.80. The molecule has 0 aromatic heterocycles. The highest BCUT2D eigenvalue weighted by atomic mass is 16.2. The third-order valence-corrected chi connectivity index (χ3v) is 6.67. The van der Waals surface area contributed by atoms with Gasteiger partial charge in [-0.1, -0.05) is 43.3 Å². The van der Waals surface area contributed by atoms with Crippen molar-refractivity contribution < 1.29 is 4.79 Å². The Labute approximate surface area is 184 Å². The molecule has 0 unspecified atom stereocenters. The molecule has 2 aromatic carbocycles. The Hall–Kier alpha value is -2.88. The van der Waals surface area contributed by atoms with Crippen LogP contribution in [0.1, 0.15) is 31.2 Å². The van der Waals surface area contributed by atoms with Crippen molar-refractivity contribution in [2.24, 2.45) is 5.73 Å². The van der Waals surface area contributed by atoms with Crippen LogP contribution >= 0.6 is 0 Å². The summed E-state index contributed by atoms with van der Waals surface area (Å²) >= 11 is 0. The van der Waals surface area contributed by atoms with Crippen LogP contribution in [0.2, 0.25) is 0 Å². The van der Waals surface area contributed by atoms with E-state index in [1.54, 1.807) is 0 Å². The fourth-order valence-corrected chi connectivity index (χ4v) is 4.29. The lowest BCUT2D eigenvalue weighted by Gasteiger charge is -2.34. The molecule has 0 spiro atoms. The van der Waals surface area contributed by atoms with Gasteiger partial charge in [0.05, 0.1) is 12.1 Å². The number of hydrogen-bond acceptors (Lipinski definition) is 5. The molecule has 2 aliphatic rings. The first-order valence-corrected chi connectivity index (χ1v) is 11.1. The number of piperazine rings is 1. The fourth-order valence-electron chi connectivity index (χ4n) is 4.29. The van der Waals surface area contributed by atoms with E-state index in [2.05, 4.69) is 76.8 Å². The van der Waals surface area contributed by atoms with Gasteiger partial charge in [0.1, 0.15) is 5.54 Å². The van der Waals surface area contributed by atoms with Crippen LogP contribution in [0.3, 0.4) is 0 Å². The quantitative estimate of drug-likeness (QED) is 0.755. The predicted octanol–water partition coefficient (Wildman–Crippen LogP) is 2.71. The molecule has 6 nitrogen and oxygen atoms in total. The normalized spacial score (nSPS) is 24.3. The molecule has 0 radical (unpaired) electrons. The minimum absolute atomic E-state index is 0.0131. The standard InChI is InChI=1S/C25H31N5O/c1-3-23(27)24(31)28-25(17-26)16-22(25)20-6-4-18(5-7-20)19-8-10-21(11-9-19)30-14-12-29(2)13-15-30/h4-11,22-23H,3,12-16,27H2,1-2H3,(H,28,31)/t22-,23+,25+/m1/s1. The summed E-state index contributed by atoms with van der Waals surface area (Å²) in [6, 6.07) is 18.8. The van der Waals surface area contributed by atoms with Crippen molar-refractivity contribution in [3.63, 3.8) is 0 Å². The summed E-state index contributed by atoms with van der Waals surface area (Å²) in [6.07, 6.45) is 1.19. The van der Waals surface area contributed by atoms with Crippen molar-refractivity contribution in [3.05, 3.63) is 54.1 Å². The van der Waals surface area contributed by atoms with Crippen molar-refractivity contribution >= 4 is 11.6 Å². The number of anilines is 1. The SMILES string of the molecule is CC[C@H](N)C(=O)N[C@]1(C#N)C[C@@H]1c1ccc(-c2ccc(N3CCN(C)CC3)cc2)cc1. The molecule has 31 heavy (non-hydrogen) atoms. The molecule has 4 rings (SSSR count). The summed E-state index contributed by atoms with van der Waals surface area (Å²) in [5.41, 5.74) is 9.65. The van der Waals surface area contributed by atoms with E-state index >= 15 is 0 Å². The van der Waals surface area contributed by atoms with Crippen molar-refractivity contribution in [1.82, 2.24) is 10.2 Å². The van der Waals surface area contributed by atoms with E-state index in [0.717, 1.165) is 37.3 Å². The van der Waals surface area contributed by atoms with Crippen LogP contribution in [0.15, 0.2) is 48.5 Å². The Bertz CT molecular complexity index is 957. The van der Waals surface area contributed by atoms with Gasteiger partial charge in [-0.2, -0.15) is 5.26 Å². The van der Waals surface area contributed by atoms with Gasteiger partial charge in [-0.15, -0.1) is 0 Å². The van der Waals surface area contributed by atoms with Gasteiger partial charge in [-0.05, 0) is 48.7 Å². The largest absolute Gasteiger partial charge is 0.369 e. The van der Waals surface area contributed by atoms with Crippen LogP contribution in [0.25, 0.3) is 11.1 Å². The van der Waals surface area contributed by atoms with Crippen LogP contribution in [0, 0.1) is 11.3 Å². The molecular formula is C25H31N5O. The van der Waals surface area contributed by atoms with E-state index in [-0.39, 0.29) is 11.8 Å². The van der Waals surface area contributed by atoms with Crippen molar-refractivity contribution in [1.29, 1.82) is 5.26 Å². The Morgan fingerprint density at radius 2 is 1.71 bits per heavy atom. The maximum atomic E-state index is 12.2. The second kappa shape index (κ2) is 8.70. The summed E-state index contributed by atoms with van der Waals surface area (Å²) < 4.78 is 0. The Morgan fingerprint density at radius 3 is 2.26 bits per heavy atom. The van der Waals surface area contributed by atoms with Crippen LogP contribution in [0.4, 0.5) is 5.69 Å². The molecular weight excluding hydrogens is 386 g/mol. The van der Waals surface area contributed by atoms with Gasteiger partial charge in [0.15, 0.2) is 0 Å². The first-order chi connectivity index (χ1) is 15.0. The van der Waals surface area contributed by atoms with E-state index in [9.17, 15) is 10.1 Å². The predicted molar refractivity (Wildman–Crippen MR) is 124 cm³/mol. The molecule has 1 heterocycles. The topological polar surface area (TPSA) is 85.4 Å². The highest BCUT2D eigenvalue weighted by Crippen LogP contribution is 2.51. The molecule has 1 saturated carbocycles. The minimum Gasteiger partial charge on any atom is -0.369 e. The number of nitrogens with two attached hydrogens (primary N) is 1. The molecule has 3 N–H and O–H groups in total. The van der Waals surface area contributed by atoms with E-state index in [1.165, 1.54) is 11.3 Å². The second-order valence-electron chi connectivity index (χ2n) is 8.80. The van der Waals surface area contributed by atoms with E-state index < -0.39 is 11.6 Å². The van der Waals surface area contributed by atoms with Gasteiger partial charge >= 0.3 is 0 Å². The van der Waals surface area contributed by atoms with Gasteiger partial charge in [-0.25, -0.2) is 0 Å².